The number of aliphatic carboxylic acids is 1. The van der Waals surface area contributed by atoms with Crippen molar-refractivity contribution in [1.82, 2.24) is 15.2 Å². The molecule has 0 unspecified atom stereocenters. The van der Waals surface area contributed by atoms with Crippen molar-refractivity contribution >= 4 is 23.8 Å². The quantitative estimate of drug-likeness (QED) is 0.510. The van der Waals surface area contributed by atoms with E-state index in [0.717, 1.165) is 22.9 Å². The molecular weight excluding hydrogens is 350 g/mol. The fourth-order valence-corrected chi connectivity index (χ4v) is 2.90. The fourth-order valence-electron chi connectivity index (χ4n) is 2.15. The number of ether oxygens (including phenoxy) is 1. The number of carboxylic acid groups (broad SMARTS) is 1. The maximum Gasteiger partial charge on any atom is 0.213 e. The second kappa shape index (κ2) is 8.35. The standard InChI is InChI=1S/C19H17N3O3S/c1-13-20-19(22-21-13)26-17(18(23)24)11-14-7-9-16(10-8-14)25-12-15-5-3-2-4-6-15/h2-11H,12H2,1H3,(H,23,24)(H,20,21,22)/p-1/b17-11-. The molecule has 0 spiro atoms. The molecule has 0 saturated carbocycles. The summed E-state index contributed by atoms with van der Waals surface area (Å²) in [6.45, 7) is 2.22. The van der Waals surface area contributed by atoms with E-state index in [1.54, 1.807) is 31.2 Å². The summed E-state index contributed by atoms with van der Waals surface area (Å²) in [7, 11) is 0. The molecule has 1 N–H and O–H groups in total. The van der Waals surface area contributed by atoms with Crippen LogP contribution in [0.3, 0.4) is 0 Å². The largest absolute Gasteiger partial charge is 0.544 e. The number of rotatable bonds is 7. The van der Waals surface area contributed by atoms with Gasteiger partial charge in [-0.1, -0.05) is 42.5 Å². The SMILES string of the molecule is Cc1nc(S/C(=C\c2ccc(OCc3ccccc3)cc2)C(=O)[O-])n[nH]1. The highest BCUT2D eigenvalue weighted by Gasteiger charge is 2.07. The second-order valence-electron chi connectivity index (χ2n) is 5.44. The van der Waals surface area contributed by atoms with Crippen LogP contribution >= 0.6 is 11.8 Å². The highest BCUT2D eigenvalue weighted by atomic mass is 32.2. The van der Waals surface area contributed by atoms with Crippen LogP contribution in [-0.2, 0) is 11.4 Å². The van der Waals surface area contributed by atoms with Crippen molar-refractivity contribution in [3.8, 4) is 5.75 Å². The van der Waals surface area contributed by atoms with Crippen LogP contribution in [0.4, 0.5) is 0 Å². The Morgan fingerprint density at radius 1 is 1.19 bits per heavy atom. The molecular formula is C19H16N3O3S-. The third-order valence-electron chi connectivity index (χ3n) is 3.41. The van der Waals surface area contributed by atoms with Crippen LogP contribution in [0, 0.1) is 6.92 Å². The minimum atomic E-state index is -1.28. The van der Waals surface area contributed by atoms with E-state index < -0.39 is 5.97 Å². The first-order valence-corrected chi connectivity index (χ1v) is 8.68. The van der Waals surface area contributed by atoms with E-state index in [1.165, 1.54) is 6.08 Å². The Hall–Kier alpha value is -3.06. The van der Waals surface area contributed by atoms with Gasteiger partial charge in [0, 0.05) is 4.91 Å². The molecule has 0 amide bonds. The molecule has 1 heterocycles. The van der Waals surface area contributed by atoms with Gasteiger partial charge < -0.3 is 14.6 Å². The zero-order chi connectivity index (χ0) is 18.4. The number of nitrogens with one attached hydrogen (secondary N) is 1. The summed E-state index contributed by atoms with van der Waals surface area (Å²) in [6.07, 6.45) is 1.52. The molecule has 1 aromatic heterocycles. The Labute approximate surface area is 154 Å². The van der Waals surface area contributed by atoms with Gasteiger partial charge in [0.2, 0.25) is 5.16 Å². The van der Waals surface area contributed by atoms with Crippen LogP contribution in [0.5, 0.6) is 5.75 Å². The predicted molar refractivity (Wildman–Crippen MR) is 97.2 cm³/mol. The van der Waals surface area contributed by atoms with Gasteiger partial charge in [-0.3, -0.25) is 5.10 Å². The lowest BCUT2D eigenvalue weighted by atomic mass is 10.2. The number of thioether (sulfide) groups is 1. The molecule has 0 aliphatic heterocycles. The van der Waals surface area contributed by atoms with E-state index >= 15 is 0 Å². The first-order valence-electron chi connectivity index (χ1n) is 7.87. The average Bonchev–Trinajstić information content (AvgIpc) is 3.06. The van der Waals surface area contributed by atoms with Crippen molar-refractivity contribution in [2.24, 2.45) is 0 Å². The van der Waals surface area contributed by atoms with Gasteiger partial charge in [-0.25, -0.2) is 4.98 Å². The van der Waals surface area contributed by atoms with Crippen LogP contribution in [0.15, 0.2) is 64.7 Å². The van der Waals surface area contributed by atoms with E-state index in [1.807, 2.05) is 30.3 Å². The number of aryl methyl sites for hydroxylation is 1. The number of aromatic nitrogens is 3. The number of hydrogen-bond donors (Lipinski definition) is 1. The Balaban J connectivity index is 1.67. The molecule has 6 nitrogen and oxygen atoms in total. The summed E-state index contributed by atoms with van der Waals surface area (Å²) < 4.78 is 5.72. The Bertz CT molecular complexity index is 905. The monoisotopic (exact) mass is 366 g/mol. The minimum absolute atomic E-state index is 0.0296. The number of H-pyrrole nitrogens is 1. The maximum atomic E-state index is 11.4. The third kappa shape index (κ3) is 4.97. The molecule has 0 aliphatic rings. The first-order chi connectivity index (χ1) is 12.6. The number of nitrogens with zero attached hydrogens (tertiary/aromatic N) is 2. The summed E-state index contributed by atoms with van der Waals surface area (Å²) in [6, 6.07) is 17.0. The van der Waals surface area contributed by atoms with Gasteiger partial charge in [0.05, 0.1) is 5.97 Å². The number of carbonyl (C=O) groups is 1. The lowest BCUT2D eigenvalue weighted by Crippen LogP contribution is -2.23. The minimum Gasteiger partial charge on any atom is -0.544 e. The highest BCUT2D eigenvalue weighted by Crippen LogP contribution is 2.25. The van der Waals surface area contributed by atoms with Crippen molar-refractivity contribution in [1.29, 1.82) is 0 Å². The Morgan fingerprint density at radius 2 is 1.92 bits per heavy atom. The van der Waals surface area contributed by atoms with E-state index in [0.29, 0.717) is 23.3 Å². The molecule has 0 fully saturated rings. The number of carbonyl (C=O) groups excluding carboxylic acids is 1. The smallest absolute Gasteiger partial charge is 0.213 e. The van der Waals surface area contributed by atoms with Gasteiger partial charge in [0.1, 0.15) is 18.2 Å². The summed E-state index contributed by atoms with van der Waals surface area (Å²) in [5.41, 5.74) is 1.80. The summed E-state index contributed by atoms with van der Waals surface area (Å²) in [4.78, 5) is 15.5. The van der Waals surface area contributed by atoms with Gasteiger partial charge >= 0.3 is 0 Å². The highest BCUT2D eigenvalue weighted by molar-refractivity contribution is 8.04. The Kier molecular flexibility index (Phi) is 5.70. The van der Waals surface area contributed by atoms with E-state index in [4.69, 9.17) is 4.74 Å². The van der Waals surface area contributed by atoms with Crippen LogP contribution in [0.1, 0.15) is 17.0 Å². The lowest BCUT2D eigenvalue weighted by Gasteiger charge is -2.08. The number of hydrogen-bond acceptors (Lipinski definition) is 6. The van der Waals surface area contributed by atoms with Crippen LogP contribution in [-0.4, -0.2) is 21.2 Å². The van der Waals surface area contributed by atoms with Gasteiger partial charge in [-0.15, -0.1) is 5.10 Å². The summed E-state index contributed by atoms with van der Waals surface area (Å²) in [5.74, 6) is 0.0465. The fraction of sp³-hybridized carbons (Fsp3) is 0.105. The van der Waals surface area contributed by atoms with Crippen molar-refractivity contribution in [3.63, 3.8) is 0 Å². The van der Waals surface area contributed by atoms with E-state index in [-0.39, 0.29) is 4.91 Å². The van der Waals surface area contributed by atoms with Crippen LogP contribution in [0.25, 0.3) is 6.08 Å². The average molecular weight is 366 g/mol. The molecule has 0 radical (unpaired) electrons. The molecule has 0 saturated heterocycles. The van der Waals surface area contributed by atoms with E-state index in [2.05, 4.69) is 15.2 Å². The van der Waals surface area contributed by atoms with Gasteiger partial charge in [0.15, 0.2) is 0 Å². The Morgan fingerprint density at radius 3 is 2.54 bits per heavy atom. The number of aromatic amines is 1. The molecule has 2 aromatic carbocycles. The molecule has 0 bridgehead atoms. The molecule has 0 aliphatic carbocycles. The van der Waals surface area contributed by atoms with Crippen LogP contribution in [0.2, 0.25) is 0 Å². The molecule has 26 heavy (non-hydrogen) atoms. The van der Waals surface area contributed by atoms with Gasteiger partial charge in [-0.05, 0) is 48.0 Å². The molecule has 3 rings (SSSR count). The summed E-state index contributed by atoms with van der Waals surface area (Å²) >= 11 is 0.939. The third-order valence-corrected chi connectivity index (χ3v) is 4.27. The van der Waals surface area contributed by atoms with Crippen molar-refractivity contribution in [2.45, 2.75) is 18.7 Å². The van der Waals surface area contributed by atoms with Crippen LogP contribution < -0.4 is 9.84 Å². The molecule has 3 aromatic rings. The zero-order valence-electron chi connectivity index (χ0n) is 14.0. The number of carboxylic acids is 1. The van der Waals surface area contributed by atoms with Gasteiger partial charge in [-0.2, -0.15) is 0 Å². The van der Waals surface area contributed by atoms with Crippen molar-refractivity contribution in [2.75, 3.05) is 0 Å². The van der Waals surface area contributed by atoms with E-state index in [9.17, 15) is 9.90 Å². The summed E-state index contributed by atoms with van der Waals surface area (Å²) in [5, 5.41) is 18.3. The lowest BCUT2D eigenvalue weighted by molar-refractivity contribution is -0.297. The first kappa shape index (κ1) is 17.8. The normalized spacial score (nSPS) is 11.3. The maximum absolute atomic E-state index is 11.4. The second-order valence-corrected chi connectivity index (χ2v) is 6.45. The predicted octanol–water partition coefficient (Wildman–Crippen LogP) is 2.58. The molecule has 7 heteroatoms. The molecule has 0 atom stereocenters. The zero-order valence-corrected chi connectivity index (χ0v) is 14.8. The number of benzene rings is 2. The van der Waals surface area contributed by atoms with Crippen molar-refractivity contribution in [3.05, 3.63) is 76.5 Å². The topological polar surface area (TPSA) is 90.9 Å². The van der Waals surface area contributed by atoms with Gasteiger partial charge in [0.25, 0.3) is 0 Å². The van der Waals surface area contributed by atoms with Crippen molar-refractivity contribution < 1.29 is 14.6 Å². The molecule has 132 valence electrons.